The van der Waals surface area contributed by atoms with Crippen LogP contribution in [0.5, 0.6) is 0 Å². The van der Waals surface area contributed by atoms with Crippen LogP contribution in [-0.4, -0.2) is 19.6 Å². The lowest BCUT2D eigenvalue weighted by Gasteiger charge is -2.05. The average Bonchev–Trinajstić information content (AvgIpc) is 3.19. The van der Waals surface area contributed by atoms with E-state index in [4.69, 9.17) is 10.2 Å². The number of nitrogens with zero attached hydrogens (tertiary/aromatic N) is 4. The Morgan fingerprint density at radius 1 is 0.577 bits per heavy atom. The molecule has 4 heteroatoms. The number of rotatable bonds is 2. The van der Waals surface area contributed by atoms with Crippen LogP contribution in [0.3, 0.4) is 0 Å². The van der Waals surface area contributed by atoms with E-state index >= 15 is 0 Å². The molecule has 5 rings (SSSR count). The zero-order valence-electron chi connectivity index (χ0n) is 14.7. The molecule has 0 radical (unpaired) electrons. The topological polar surface area (TPSA) is 35.6 Å². The highest BCUT2D eigenvalue weighted by Gasteiger charge is 2.15. The molecular formula is C22H18N4. The first-order chi connectivity index (χ1) is 12.7. The molecule has 0 fully saturated rings. The van der Waals surface area contributed by atoms with Crippen molar-refractivity contribution in [1.82, 2.24) is 19.6 Å². The Bertz CT molecular complexity index is 1140. The van der Waals surface area contributed by atoms with Gasteiger partial charge in [0, 0.05) is 10.8 Å². The maximum Gasteiger partial charge on any atom is 0.0765 e. The molecule has 2 heterocycles. The number of hydrogen-bond acceptors (Lipinski definition) is 2. The highest BCUT2D eigenvalue weighted by Crippen LogP contribution is 2.30. The van der Waals surface area contributed by atoms with E-state index < -0.39 is 0 Å². The molecule has 0 unspecified atom stereocenters. The lowest BCUT2D eigenvalue weighted by Crippen LogP contribution is -1.98. The van der Waals surface area contributed by atoms with E-state index in [0.717, 1.165) is 44.6 Å². The summed E-state index contributed by atoms with van der Waals surface area (Å²) in [7, 11) is 0. The van der Waals surface area contributed by atoms with Crippen molar-refractivity contribution < 1.29 is 0 Å². The molecule has 0 atom stereocenters. The Morgan fingerprint density at radius 2 is 1.00 bits per heavy atom. The van der Waals surface area contributed by atoms with Crippen LogP contribution in [0.4, 0.5) is 0 Å². The Kier molecular flexibility index (Phi) is 3.19. The predicted octanol–water partition coefficient (Wildman–Crippen LogP) is 4.98. The first-order valence-electron chi connectivity index (χ1n) is 8.72. The molecule has 0 aliphatic rings. The van der Waals surface area contributed by atoms with Crippen LogP contribution in [0.1, 0.15) is 11.4 Å². The summed E-state index contributed by atoms with van der Waals surface area (Å²) in [6.07, 6.45) is 0. The van der Waals surface area contributed by atoms with Gasteiger partial charge in [-0.1, -0.05) is 36.4 Å². The van der Waals surface area contributed by atoms with Crippen LogP contribution in [-0.2, 0) is 0 Å². The molecule has 5 aromatic rings. The average molecular weight is 338 g/mol. The molecule has 0 aliphatic carbocycles. The Balaban J connectivity index is 1.85. The normalized spacial score (nSPS) is 11.5. The summed E-state index contributed by atoms with van der Waals surface area (Å²) in [5.41, 5.74) is 6.37. The van der Waals surface area contributed by atoms with E-state index in [1.807, 2.05) is 45.8 Å². The van der Waals surface area contributed by atoms with Crippen molar-refractivity contribution >= 4 is 21.8 Å². The molecule has 0 amide bonds. The molecule has 126 valence electrons. The summed E-state index contributed by atoms with van der Waals surface area (Å²) in [5.74, 6) is 0. The number of benzene rings is 3. The molecule has 4 nitrogen and oxygen atoms in total. The smallest absolute Gasteiger partial charge is 0.0765 e. The molecule has 3 aromatic carbocycles. The van der Waals surface area contributed by atoms with Crippen molar-refractivity contribution in [1.29, 1.82) is 0 Å². The second-order valence-electron chi connectivity index (χ2n) is 6.55. The third-order valence-electron chi connectivity index (χ3n) is 4.85. The minimum atomic E-state index is 1.03. The standard InChI is InChI=1S/C22H18N4/c1-15-19-13-20-16(2)24-26(18-11-7-4-8-12-18)22(20)14-21(19)25(23-15)17-9-5-3-6-10-17/h3-14H,1-2H3. The number of aromatic nitrogens is 4. The molecule has 0 saturated heterocycles. The van der Waals surface area contributed by atoms with E-state index in [9.17, 15) is 0 Å². The van der Waals surface area contributed by atoms with Crippen molar-refractivity contribution in [3.05, 3.63) is 84.2 Å². The van der Waals surface area contributed by atoms with Gasteiger partial charge in [-0.05, 0) is 50.2 Å². The first kappa shape index (κ1) is 14.9. The molecule has 0 aliphatic heterocycles. The van der Waals surface area contributed by atoms with Gasteiger partial charge >= 0.3 is 0 Å². The fraction of sp³-hybridized carbons (Fsp3) is 0.0909. The van der Waals surface area contributed by atoms with Crippen molar-refractivity contribution in [2.24, 2.45) is 0 Å². The van der Waals surface area contributed by atoms with Crippen molar-refractivity contribution in [3.63, 3.8) is 0 Å². The van der Waals surface area contributed by atoms with Crippen LogP contribution in [0.2, 0.25) is 0 Å². The molecular weight excluding hydrogens is 320 g/mol. The Hall–Kier alpha value is -3.40. The highest BCUT2D eigenvalue weighted by molar-refractivity contribution is 5.98. The van der Waals surface area contributed by atoms with Gasteiger partial charge in [-0.2, -0.15) is 10.2 Å². The minimum Gasteiger partial charge on any atom is -0.233 e. The van der Waals surface area contributed by atoms with E-state index in [1.54, 1.807) is 0 Å². The largest absolute Gasteiger partial charge is 0.233 e. The summed E-state index contributed by atoms with van der Waals surface area (Å²) >= 11 is 0. The summed E-state index contributed by atoms with van der Waals surface area (Å²) in [5, 5.41) is 11.9. The van der Waals surface area contributed by atoms with Gasteiger partial charge in [-0.3, -0.25) is 0 Å². The SMILES string of the molecule is Cc1nn(-c2ccccc2)c2cc3c(cc12)c(C)nn3-c1ccccc1. The monoisotopic (exact) mass is 338 g/mol. The van der Waals surface area contributed by atoms with E-state index in [-0.39, 0.29) is 0 Å². The lowest BCUT2D eigenvalue weighted by molar-refractivity contribution is 0.882. The lowest BCUT2D eigenvalue weighted by atomic mass is 10.1. The third kappa shape index (κ3) is 2.15. The number of aryl methyl sites for hydroxylation is 2. The maximum atomic E-state index is 4.78. The van der Waals surface area contributed by atoms with Crippen molar-refractivity contribution in [2.75, 3.05) is 0 Å². The maximum absolute atomic E-state index is 4.78. The van der Waals surface area contributed by atoms with E-state index in [1.165, 1.54) is 0 Å². The van der Waals surface area contributed by atoms with Gasteiger partial charge in [-0.25, -0.2) is 9.36 Å². The fourth-order valence-electron chi connectivity index (χ4n) is 3.55. The number of hydrogen-bond donors (Lipinski definition) is 0. The second-order valence-corrected chi connectivity index (χ2v) is 6.55. The Labute approximate surface area is 151 Å². The van der Waals surface area contributed by atoms with Crippen LogP contribution >= 0.6 is 0 Å². The zero-order chi connectivity index (χ0) is 17.7. The predicted molar refractivity (Wildman–Crippen MR) is 105 cm³/mol. The van der Waals surface area contributed by atoms with Gasteiger partial charge in [0.1, 0.15) is 0 Å². The van der Waals surface area contributed by atoms with Gasteiger partial charge in [0.2, 0.25) is 0 Å². The number of para-hydroxylation sites is 2. The van der Waals surface area contributed by atoms with Crippen LogP contribution in [0.25, 0.3) is 33.2 Å². The molecule has 0 bridgehead atoms. The fourth-order valence-corrected chi connectivity index (χ4v) is 3.55. The minimum absolute atomic E-state index is 1.03. The van der Waals surface area contributed by atoms with E-state index in [2.05, 4.69) is 50.2 Å². The van der Waals surface area contributed by atoms with Crippen LogP contribution in [0, 0.1) is 13.8 Å². The second kappa shape index (κ2) is 5.56. The molecule has 0 spiro atoms. The summed E-state index contributed by atoms with van der Waals surface area (Å²) in [4.78, 5) is 0. The van der Waals surface area contributed by atoms with Gasteiger partial charge in [0.25, 0.3) is 0 Å². The zero-order valence-corrected chi connectivity index (χ0v) is 14.7. The first-order valence-corrected chi connectivity index (χ1v) is 8.72. The number of fused-ring (bicyclic) bond motifs is 2. The van der Waals surface area contributed by atoms with E-state index in [0.29, 0.717) is 0 Å². The third-order valence-corrected chi connectivity index (χ3v) is 4.85. The van der Waals surface area contributed by atoms with Crippen molar-refractivity contribution in [2.45, 2.75) is 13.8 Å². The molecule has 0 N–H and O–H groups in total. The Morgan fingerprint density at radius 3 is 1.42 bits per heavy atom. The quantitative estimate of drug-likeness (QED) is 0.455. The van der Waals surface area contributed by atoms with Gasteiger partial charge in [0.05, 0.1) is 33.8 Å². The summed E-state index contributed by atoms with van der Waals surface area (Å²) < 4.78 is 4.03. The van der Waals surface area contributed by atoms with Crippen LogP contribution in [0.15, 0.2) is 72.8 Å². The van der Waals surface area contributed by atoms with Crippen molar-refractivity contribution in [3.8, 4) is 11.4 Å². The van der Waals surface area contributed by atoms with Gasteiger partial charge < -0.3 is 0 Å². The molecule has 2 aromatic heterocycles. The van der Waals surface area contributed by atoms with Crippen LogP contribution < -0.4 is 0 Å². The van der Waals surface area contributed by atoms with Gasteiger partial charge in [0.15, 0.2) is 0 Å². The van der Waals surface area contributed by atoms with Gasteiger partial charge in [-0.15, -0.1) is 0 Å². The summed E-state index contributed by atoms with van der Waals surface area (Å²) in [6.45, 7) is 4.12. The molecule has 26 heavy (non-hydrogen) atoms. The highest BCUT2D eigenvalue weighted by atomic mass is 15.3. The molecule has 0 saturated carbocycles. The summed E-state index contributed by atoms with van der Waals surface area (Å²) in [6, 6.07) is 24.9.